The van der Waals surface area contributed by atoms with Gasteiger partial charge in [0.1, 0.15) is 0 Å². The Balaban J connectivity index is 0.00000121. The molecule has 2 aromatic rings. The number of hydrogen-bond donors (Lipinski definition) is 1. The third-order valence-corrected chi connectivity index (χ3v) is 4.62. The summed E-state index contributed by atoms with van der Waals surface area (Å²) in [5, 5.41) is 3.56. The summed E-state index contributed by atoms with van der Waals surface area (Å²) in [5.41, 5.74) is 5.62. The molecule has 2 atom stereocenters. The number of imidazole rings is 1. The molecular weight excluding hydrogens is 270 g/mol. The molecule has 0 radical (unpaired) electrons. The van der Waals surface area contributed by atoms with Gasteiger partial charge in [0.25, 0.3) is 0 Å². The topological polar surface area (TPSA) is 29.9 Å². The molecule has 4 rings (SSSR count). The molecule has 2 aliphatic rings. The molecule has 1 N–H and O–H groups in total. The van der Waals surface area contributed by atoms with E-state index in [1.54, 1.807) is 11.1 Å². The van der Waals surface area contributed by atoms with Gasteiger partial charge < -0.3 is 9.88 Å². The van der Waals surface area contributed by atoms with Crippen molar-refractivity contribution in [3.63, 3.8) is 0 Å². The third-order valence-electron chi connectivity index (χ3n) is 4.62. The zero-order chi connectivity index (χ0) is 13.0. The van der Waals surface area contributed by atoms with Gasteiger partial charge in [-0.1, -0.05) is 13.8 Å². The fraction of sp³-hybridized carbons (Fsp3) is 0.562. The van der Waals surface area contributed by atoms with E-state index in [2.05, 4.69) is 40.8 Å². The van der Waals surface area contributed by atoms with E-state index in [9.17, 15) is 0 Å². The van der Waals surface area contributed by atoms with Crippen LogP contribution < -0.4 is 5.32 Å². The van der Waals surface area contributed by atoms with Gasteiger partial charge in [0.05, 0.1) is 17.4 Å². The molecule has 0 spiro atoms. The highest BCUT2D eigenvalue weighted by Gasteiger charge is 2.34. The Hall–Kier alpha value is -1.06. The van der Waals surface area contributed by atoms with Gasteiger partial charge in [0.2, 0.25) is 0 Å². The van der Waals surface area contributed by atoms with Crippen LogP contribution in [-0.4, -0.2) is 22.6 Å². The Morgan fingerprint density at radius 2 is 1.95 bits per heavy atom. The minimum atomic E-state index is 0. The second kappa shape index (κ2) is 5.05. The Bertz CT molecular complexity index is 632. The molecule has 108 valence electrons. The lowest BCUT2D eigenvalue weighted by molar-refractivity contribution is 0.454. The highest BCUT2D eigenvalue weighted by molar-refractivity contribution is 5.85. The van der Waals surface area contributed by atoms with Crippen LogP contribution in [0.15, 0.2) is 18.5 Å². The highest BCUT2D eigenvalue weighted by Crippen LogP contribution is 2.44. The minimum Gasteiger partial charge on any atom is -0.330 e. The zero-order valence-corrected chi connectivity index (χ0v) is 12.9. The normalized spacial score (nSPS) is 23.9. The van der Waals surface area contributed by atoms with Gasteiger partial charge in [0, 0.05) is 19.6 Å². The van der Waals surface area contributed by atoms with Crippen LogP contribution in [0.5, 0.6) is 0 Å². The maximum absolute atomic E-state index is 4.61. The summed E-state index contributed by atoms with van der Waals surface area (Å²) >= 11 is 0. The number of benzene rings is 1. The Morgan fingerprint density at radius 1 is 1.25 bits per heavy atom. The van der Waals surface area contributed by atoms with Crippen molar-refractivity contribution in [3.8, 4) is 0 Å². The molecule has 2 unspecified atom stereocenters. The number of rotatable bonds is 2. The van der Waals surface area contributed by atoms with Crippen molar-refractivity contribution in [3.05, 3.63) is 29.6 Å². The monoisotopic (exact) mass is 291 g/mol. The van der Waals surface area contributed by atoms with E-state index in [0.717, 1.165) is 25.6 Å². The number of halogens is 1. The first-order valence-corrected chi connectivity index (χ1v) is 7.41. The van der Waals surface area contributed by atoms with Crippen molar-refractivity contribution in [1.82, 2.24) is 14.9 Å². The first kappa shape index (κ1) is 13.9. The number of hydrogen-bond acceptors (Lipinski definition) is 2. The second-order valence-corrected chi connectivity index (χ2v) is 6.55. The van der Waals surface area contributed by atoms with Crippen molar-refractivity contribution < 1.29 is 0 Å². The first-order valence-electron chi connectivity index (χ1n) is 7.41. The largest absolute Gasteiger partial charge is 0.330 e. The number of nitrogens with one attached hydrogen (secondary N) is 1. The molecule has 3 nitrogen and oxygen atoms in total. The van der Waals surface area contributed by atoms with Crippen molar-refractivity contribution in [2.45, 2.75) is 38.6 Å². The average molecular weight is 292 g/mol. The Kier molecular flexibility index (Phi) is 3.51. The van der Waals surface area contributed by atoms with Gasteiger partial charge in [-0.2, -0.15) is 0 Å². The quantitative estimate of drug-likeness (QED) is 0.920. The van der Waals surface area contributed by atoms with E-state index in [1.807, 2.05) is 6.33 Å². The van der Waals surface area contributed by atoms with E-state index < -0.39 is 0 Å². The van der Waals surface area contributed by atoms with Crippen LogP contribution in [0.25, 0.3) is 11.0 Å². The van der Waals surface area contributed by atoms with Gasteiger partial charge in [-0.05, 0) is 47.4 Å². The van der Waals surface area contributed by atoms with Crippen LogP contribution in [0.3, 0.4) is 0 Å². The smallest absolute Gasteiger partial charge is 0.0958 e. The molecule has 0 amide bonds. The van der Waals surface area contributed by atoms with Crippen LogP contribution in [-0.2, 0) is 6.54 Å². The second-order valence-electron chi connectivity index (χ2n) is 6.55. The maximum Gasteiger partial charge on any atom is 0.0958 e. The predicted molar refractivity (Wildman–Crippen MR) is 84.8 cm³/mol. The summed E-state index contributed by atoms with van der Waals surface area (Å²) in [6.45, 7) is 7.86. The summed E-state index contributed by atoms with van der Waals surface area (Å²) in [5.74, 6) is 2.10. The van der Waals surface area contributed by atoms with Crippen LogP contribution in [0.1, 0.15) is 43.2 Å². The molecule has 4 heteroatoms. The molecular formula is C16H22ClN3. The van der Waals surface area contributed by atoms with Gasteiger partial charge in [-0.3, -0.25) is 0 Å². The van der Waals surface area contributed by atoms with Gasteiger partial charge in [-0.25, -0.2) is 4.98 Å². The molecule has 2 heterocycles. The summed E-state index contributed by atoms with van der Waals surface area (Å²) in [6.07, 6.45) is 3.34. The molecule has 20 heavy (non-hydrogen) atoms. The summed E-state index contributed by atoms with van der Waals surface area (Å²) < 4.78 is 2.32. The summed E-state index contributed by atoms with van der Waals surface area (Å²) in [4.78, 5) is 4.61. The predicted octanol–water partition coefficient (Wildman–Crippen LogP) is 3.29. The Morgan fingerprint density at radius 3 is 2.65 bits per heavy atom. The molecule has 1 aromatic heterocycles. The fourth-order valence-corrected chi connectivity index (χ4v) is 3.80. The van der Waals surface area contributed by atoms with Crippen molar-refractivity contribution in [2.75, 3.05) is 13.1 Å². The molecule has 2 bridgehead atoms. The number of nitrogens with zero attached hydrogens (tertiary/aromatic N) is 2. The number of piperidine rings is 1. The number of fused-ring (bicyclic) bond motifs is 6. The molecule has 0 saturated carbocycles. The van der Waals surface area contributed by atoms with Crippen molar-refractivity contribution >= 4 is 23.4 Å². The maximum atomic E-state index is 4.61. The standard InChI is InChI=1S/C16H21N3.ClH/c1-10(2)8-19-9-18-15-4-13-11-3-12(7-17-6-11)14(13)5-16(15)19;/h4-5,9-12,17H,3,6-8H2,1-2H3;1H. The molecule has 1 aromatic carbocycles. The lowest BCUT2D eigenvalue weighted by Gasteiger charge is -2.19. The average Bonchev–Trinajstić information content (AvgIpc) is 2.89. The lowest BCUT2D eigenvalue weighted by Crippen LogP contribution is -2.28. The molecule has 1 aliphatic carbocycles. The van der Waals surface area contributed by atoms with Gasteiger partial charge >= 0.3 is 0 Å². The van der Waals surface area contributed by atoms with E-state index in [0.29, 0.717) is 11.8 Å². The van der Waals surface area contributed by atoms with E-state index in [4.69, 9.17) is 0 Å². The SMILES string of the molecule is CC(C)Cn1cnc2cc3c(cc21)C1CNCC3C1.Cl. The van der Waals surface area contributed by atoms with Crippen LogP contribution in [0, 0.1) is 5.92 Å². The van der Waals surface area contributed by atoms with Gasteiger partial charge in [-0.15, -0.1) is 12.4 Å². The van der Waals surface area contributed by atoms with Crippen molar-refractivity contribution in [2.24, 2.45) is 5.92 Å². The van der Waals surface area contributed by atoms with Crippen LogP contribution >= 0.6 is 12.4 Å². The molecule has 1 fully saturated rings. The number of aromatic nitrogens is 2. The first-order chi connectivity index (χ1) is 9.22. The van der Waals surface area contributed by atoms with E-state index >= 15 is 0 Å². The third kappa shape index (κ3) is 2.04. The van der Waals surface area contributed by atoms with Crippen LogP contribution in [0.2, 0.25) is 0 Å². The summed E-state index contributed by atoms with van der Waals surface area (Å²) in [7, 11) is 0. The summed E-state index contributed by atoms with van der Waals surface area (Å²) in [6, 6.07) is 4.76. The lowest BCUT2D eigenvalue weighted by atomic mass is 9.98. The fourth-order valence-electron chi connectivity index (χ4n) is 3.80. The molecule has 1 saturated heterocycles. The molecule has 1 aliphatic heterocycles. The zero-order valence-electron chi connectivity index (χ0n) is 12.1. The Labute approximate surface area is 126 Å². The highest BCUT2D eigenvalue weighted by atomic mass is 35.5. The minimum absolute atomic E-state index is 0. The van der Waals surface area contributed by atoms with Crippen molar-refractivity contribution in [1.29, 1.82) is 0 Å². The van der Waals surface area contributed by atoms with Gasteiger partial charge in [0.15, 0.2) is 0 Å². The van der Waals surface area contributed by atoms with E-state index in [1.165, 1.54) is 17.5 Å². The van der Waals surface area contributed by atoms with E-state index in [-0.39, 0.29) is 12.4 Å². The van der Waals surface area contributed by atoms with Crippen LogP contribution in [0.4, 0.5) is 0 Å².